The molecule has 0 saturated carbocycles. The van der Waals surface area contributed by atoms with Gasteiger partial charge in [0.05, 0.1) is 11.0 Å². The van der Waals surface area contributed by atoms with Crippen LogP contribution in [0.5, 0.6) is 0 Å². The van der Waals surface area contributed by atoms with E-state index >= 15 is 0 Å². The minimum atomic E-state index is 0.558. The number of benzene rings is 2. The van der Waals surface area contributed by atoms with Crippen LogP contribution in [-0.2, 0) is 0 Å². The number of aromatic nitrogens is 2. The summed E-state index contributed by atoms with van der Waals surface area (Å²) in [6, 6.07) is 12.6. The van der Waals surface area contributed by atoms with E-state index in [0.717, 1.165) is 27.4 Å². The van der Waals surface area contributed by atoms with Gasteiger partial charge in [0.1, 0.15) is 5.15 Å². The van der Waals surface area contributed by atoms with E-state index in [1.807, 2.05) is 13.1 Å². The summed E-state index contributed by atoms with van der Waals surface area (Å²) >= 11 is 6.27. The Bertz CT molecular complexity index is 938. The lowest BCUT2D eigenvalue weighted by molar-refractivity contribution is 1.30. The summed E-state index contributed by atoms with van der Waals surface area (Å²) in [4.78, 5) is 7.76. The van der Waals surface area contributed by atoms with Crippen molar-refractivity contribution in [2.75, 3.05) is 0 Å². The van der Waals surface area contributed by atoms with E-state index in [4.69, 9.17) is 11.6 Å². The number of hydrogen-bond acceptors (Lipinski definition) is 1. The highest BCUT2D eigenvalue weighted by atomic mass is 35.5. The second kappa shape index (κ2) is 3.72. The molecule has 0 bridgehead atoms. The highest BCUT2D eigenvalue weighted by Crippen LogP contribution is 2.35. The molecule has 92 valence electrons. The zero-order chi connectivity index (χ0) is 13.0. The van der Waals surface area contributed by atoms with Gasteiger partial charge in [-0.3, -0.25) is 0 Å². The van der Waals surface area contributed by atoms with Crippen molar-refractivity contribution in [3.8, 4) is 0 Å². The second-order valence-corrected chi connectivity index (χ2v) is 5.17. The van der Waals surface area contributed by atoms with Gasteiger partial charge in [-0.05, 0) is 17.9 Å². The molecule has 0 amide bonds. The predicted molar refractivity (Wildman–Crippen MR) is 80.9 cm³/mol. The first-order chi connectivity index (χ1) is 9.25. The number of fused-ring (bicyclic) bond motifs is 5. The Morgan fingerprint density at radius 3 is 2.74 bits per heavy atom. The Labute approximate surface area is 115 Å². The van der Waals surface area contributed by atoms with Crippen LogP contribution in [0.3, 0.4) is 0 Å². The van der Waals surface area contributed by atoms with Crippen molar-refractivity contribution < 1.29 is 0 Å². The fraction of sp³-hybridized carbons (Fsp3) is 0.0625. The van der Waals surface area contributed by atoms with Crippen LogP contribution in [0.2, 0.25) is 5.15 Å². The molecule has 0 spiro atoms. The van der Waals surface area contributed by atoms with Crippen LogP contribution in [0.4, 0.5) is 0 Å². The van der Waals surface area contributed by atoms with Gasteiger partial charge in [0.25, 0.3) is 0 Å². The van der Waals surface area contributed by atoms with E-state index < -0.39 is 0 Å². The lowest BCUT2D eigenvalue weighted by atomic mass is 10.1. The number of aromatic amines is 1. The van der Waals surface area contributed by atoms with E-state index in [-0.39, 0.29) is 0 Å². The molecule has 0 aliphatic heterocycles. The molecule has 4 aromatic rings. The first-order valence-electron chi connectivity index (χ1n) is 6.20. The number of halogens is 1. The summed E-state index contributed by atoms with van der Waals surface area (Å²) in [6.45, 7) is 2.04. The minimum Gasteiger partial charge on any atom is -0.354 e. The molecule has 0 aliphatic carbocycles. The second-order valence-electron chi connectivity index (χ2n) is 4.82. The highest BCUT2D eigenvalue weighted by molar-refractivity contribution is 6.37. The summed E-state index contributed by atoms with van der Waals surface area (Å²) in [5.41, 5.74) is 3.32. The molecule has 1 N–H and O–H groups in total. The molecular weight excluding hydrogens is 256 g/mol. The number of H-pyrrole nitrogens is 1. The summed E-state index contributed by atoms with van der Waals surface area (Å²) in [5, 5.41) is 5.15. The summed E-state index contributed by atoms with van der Waals surface area (Å²) in [5.74, 6) is 0. The van der Waals surface area contributed by atoms with Crippen molar-refractivity contribution in [1.82, 2.24) is 9.97 Å². The molecule has 2 heterocycles. The molecule has 0 aliphatic rings. The molecule has 0 fully saturated rings. The monoisotopic (exact) mass is 266 g/mol. The summed E-state index contributed by atoms with van der Waals surface area (Å²) < 4.78 is 0. The molecule has 3 heteroatoms. The van der Waals surface area contributed by atoms with Crippen LogP contribution >= 0.6 is 11.6 Å². The molecule has 19 heavy (non-hydrogen) atoms. The maximum atomic E-state index is 6.27. The van der Waals surface area contributed by atoms with Gasteiger partial charge in [-0.2, -0.15) is 0 Å². The third-order valence-corrected chi connectivity index (χ3v) is 3.96. The quantitative estimate of drug-likeness (QED) is 0.454. The molecule has 2 aromatic heterocycles. The zero-order valence-corrected chi connectivity index (χ0v) is 11.1. The van der Waals surface area contributed by atoms with Crippen molar-refractivity contribution in [3.05, 3.63) is 53.3 Å². The van der Waals surface area contributed by atoms with E-state index in [1.165, 1.54) is 10.8 Å². The van der Waals surface area contributed by atoms with E-state index in [9.17, 15) is 0 Å². The first kappa shape index (κ1) is 10.8. The third-order valence-electron chi connectivity index (χ3n) is 3.67. The van der Waals surface area contributed by atoms with Crippen LogP contribution in [0.25, 0.3) is 32.6 Å². The minimum absolute atomic E-state index is 0.558. The summed E-state index contributed by atoms with van der Waals surface area (Å²) in [7, 11) is 0. The van der Waals surface area contributed by atoms with E-state index in [2.05, 4.69) is 46.4 Å². The van der Waals surface area contributed by atoms with E-state index in [1.54, 1.807) is 0 Å². The molecule has 0 radical (unpaired) electrons. The van der Waals surface area contributed by atoms with Crippen molar-refractivity contribution >= 4 is 44.2 Å². The molecule has 0 saturated heterocycles. The number of pyridine rings is 1. The molecule has 2 nitrogen and oxygen atoms in total. The Kier molecular flexibility index (Phi) is 2.12. The van der Waals surface area contributed by atoms with Crippen molar-refractivity contribution in [1.29, 1.82) is 0 Å². The summed E-state index contributed by atoms with van der Waals surface area (Å²) in [6.07, 6.45) is 1.81. The van der Waals surface area contributed by atoms with Gasteiger partial charge >= 0.3 is 0 Å². The average molecular weight is 267 g/mol. The SMILES string of the molecule is Cc1cnc(Cl)c2c1[nH]c1c3ccccc3ccc12. The van der Waals surface area contributed by atoms with Crippen molar-refractivity contribution in [2.24, 2.45) is 0 Å². The number of nitrogens with zero attached hydrogens (tertiary/aromatic N) is 1. The number of hydrogen-bond donors (Lipinski definition) is 1. The lowest BCUT2D eigenvalue weighted by Crippen LogP contribution is -1.81. The van der Waals surface area contributed by atoms with Crippen LogP contribution in [0.1, 0.15) is 5.56 Å². The molecule has 4 rings (SSSR count). The standard InChI is InChI=1S/C16H11ClN2/c1-9-8-18-16(17)13-12-7-6-10-4-2-3-5-11(10)15(12)19-14(9)13/h2-8,19H,1H3. The van der Waals surface area contributed by atoms with Crippen LogP contribution < -0.4 is 0 Å². The smallest absolute Gasteiger partial charge is 0.139 e. The first-order valence-corrected chi connectivity index (χ1v) is 6.58. The lowest BCUT2D eigenvalue weighted by Gasteiger charge is -1.99. The van der Waals surface area contributed by atoms with Gasteiger partial charge in [0, 0.05) is 22.4 Å². The maximum absolute atomic E-state index is 6.27. The molecule has 0 atom stereocenters. The van der Waals surface area contributed by atoms with Crippen molar-refractivity contribution in [3.63, 3.8) is 0 Å². The maximum Gasteiger partial charge on any atom is 0.139 e. The predicted octanol–water partition coefficient (Wildman–Crippen LogP) is 4.83. The van der Waals surface area contributed by atoms with Gasteiger partial charge in [-0.1, -0.05) is 48.0 Å². The normalized spacial score (nSPS) is 11.7. The number of nitrogens with one attached hydrogen (secondary N) is 1. The molecule has 2 aromatic carbocycles. The Morgan fingerprint density at radius 2 is 1.84 bits per heavy atom. The molecule has 0 unspecified atom stereocenters. The number of aryl methyl sites for hydroxylation is 1. The highest BCUT2D eigenvalue weighted by Gasteiger charge is 2.12. The van der Waals surface area contributed by atoms with Gasteiger partial charge in [-0.15, -0.1) is 0 Å². The van der Waals surface area contributed by atoms with Gasteiger partial charge in [-0.25, -0.2) is 4.98 Å². The average Bonchev–Trinajstić information content (AvgIpc) is 2.84. The molecular formula is C16H11ClN2. The van der Waals surface area contributed by atoms with Gasteiger partial charge < -0.3 is 4.98 Å². The van der Waals surface area contributed by atoms with Crippen LogP contribution in [0, 0.1) is 6.92 Å². The Balaban J connectivity index is 2.35. The van der Waals surface area contributed by atoms with E-state index in [0.29, 0.717) is 5.15 Å². The fourth-order valence-electron chi connectivity index (χ4n) is 2.73. The van der Waals surface area contributed by atoms with Gasteiger partial charge in [0.15, 0.2) is 0 Å². The Morgan fingerprint density at radius 1 is 1.00 bits per heavy atom. The fourth-order valence-corrected chi connectivity index (χ4v) is 2.97. The topological polar surface area (TPSA) is 28.7 Å². The van der Waals surface area contributed by atoms with Gasteiger partial charge in [0.2, 0.25) is 0 Å². The number of rotatable bonds is 0. The zero-order valence-electron chi connectivity index (χ0n) is 10.4. The van der Waals surface area contributed by atoms with Crippen LogP contribution in [0.15, 0.2) is 42.6 Å². The Hall–Kier alpha value is -2.06. The largest absolute Gasteiger partial charge is 0.354 e. The van der Waals surface area contributed by atoms with Crippen molar-refractivity contribution in [2.45, 2.75) is 6.92 Å². The third kappa shape index (κ3) is 1.41. The van der Waals surface area contributed by atoms with Crippen LogP contribution in [-0.4, -0.2) is 9.97 Å².